The summed E-state index contributed by atoms with van der Waals surface area (Å²) < 4.78 is 52.4. The molecule has 2 aromatic rings. The van der Waals surface area contributed by atoms with Gasteiger partial charge >= 0.3 is 0 Å². The van der Waals surface area contributed by atoms with E-state index in [0.29, 0.717) is 49.4 Å². The summed E-state index contributed by atoms with van der Waals surface area (Å²) in [5.74, 6) is 0.876. The molecule has 0 aliphatic carbocycles. The summed E-state index contributed by atoms with van der Waals surface area (Å²) >= 11 is 0. The van der Waals surface area contributed by atoms with E-state index < -0.39 is 20.8 Å². The number of benzene rings is 2. The van der Waals surface area contributed by atoms with E-state index in [1.807, 2.05) is 18.2 Å². The summed E-state index contributed by atoms with van der Waals surface area (Å²) in [7, 11) is -0.599. The van der Waals surface area contributed by atoms with Gasteiger partial charge in [0.15, 0.2) is 21.3 Å². The maximum Gasteiger partial charge on any atom is 0.182 e. The van der Waals surface area contributed by atoms with E-state index in [4.69, 9.17) is 9.47 Å². The molecule has 0 spiro atoms. The number of hydrogen-bond donors (Lipinski definition) is 0. The Bertz CT molecular complexity index is 1000. The SMILES string of the molecule is COc1cc2c(cc1OC)S(=O)(=O)C(CC1(F)CCN(Cc3ccccc3)CC1)C2. The number of likely N-dealkylation sites (tertiary alicyclic amines) is 1. The Kier molecular flexibility index (Phi) is 5.77. The highest BCUT2D eigenvalue weighted by atomic mass is 32.2. The zero-order chi connectivity index (χ0) is 21.4. The first-order chi connectivity index (χ1) is 14.3. The third kappa shape index (κ3) is 4.05. The number of piperidine rings is 1. The molecule has 2 aliphatic rings. The van der Waals surface area contributed by atoms with Crippen LogP contribution in [0.25, 0.3) is 0 Å². The van der Waals surface area contributed by atoms with Crippen molar-refractivity contribution in [3.05, 3.63) is 53.6 Å². The number of nitrogens with zero attached hydrogens (tertiary/aromatic N) is 1. The highest BCUT2D eigenvalue weighted by Gasteiger charge is 2.45. The van der Waals surface area contributed by atoms with Gasteiger partial charge in [-0.25, -0.2) is 12.8 Å². The Hall–Kier alpha value is -2.12. The molecule has 0 N–H and O–H groups in total. The number of methoxy groups -OCH3 is 2. The van der Waals surface area contributed by atoms with Gasteiger partial charge in [0.05, 0.1) is 24.4 Å². The predicted molar refractivity (Wildman–Crippen MR) is 114 cm³/mol. The van der Waals surface area contributed by atoms with Gasteiger partial charge in [-0.2, -0.15) is 0 Å². The average Bonchev–Trinajstić information content (AvgIpc) is 2.98. The van der Waals surface area contributed by atoms with Crippen molar-refractivity contribution in [2.45, 2.75) is 48.0 Å². The minimum absolute atomic E-state index is 0.0355. The highest BCUT2D eigenvalue weighted by Crippen LogP contribution is 2.43. The van der Waals surface area contributed by atoms with Gasteiger partial charge in [0.2, 0.25) is 0 Å². The zero-order valence-electron chi connectivity index (χ0n) is 17.4. The fourth-order valence-electron chi connectivity index (χ4n) is 4.61. The van der Waals surface area contributed by atoms with Crippen LogP contribution in [0, 0.1) is 0 Å². The second-order valence-corrected chi connectivity index (χ2v) is 10.5. The Morgan fingerprint density at radius 3 is 2.33 bits per heavy atom. The quantitative estimate of drug-likeness (QED) is 0.694. The molecule has 1 unspecified atom stereocenters. The Morgan fingerprint density at radius 1 is 1.07 bits per heavy atom. The smallest absolute Gasteiger partial charge is 0.182 e. The van der Waals surface area contributed by atoms with E-state index in [-0.39, 0.29) is 11.3 Å². The molecule has 0 radical (unpaired) electrons. The second-order valence-electron chi connectivity index (χ2n) is 8.30. The topological polar surface area (TPSA) is 55.8 Å². The van der Waals surface area contributed by atoms with Crippen LogP contribution in [0.4, 0.5) is 4.39 Å². The summed E-state index contributed by atoms with van der Waals surface area (Å²) in [6, 6.07) is 13.4. The maximum absolute atomic E-state index is 15.7. The zero-order valence-corrected chi connectivity index (χ0v) is 18.3. The minimum atomic E-state index is -3.59. The largest absolute Gasteiger partial charge is 0.493 e. The Morgan fingerprint density at radius 2 is 1.70 bits per heavy atom. The standard InChI is InChI=1S/C23H28FNO4S/c1-28-20-13-18-12-19(30(26,27)22(18)14-21(20)29-2)15-23(24)8-10-25(11-9-23)16-17-6-4-3-5-7-17/h3-7,13-14,19H,8-12,15-16H2,1-2H3. The van der Waals surface area contributed by atoms with E-state index in [0.717, 1.165) is 6.54 Å². The van der Waals surface area contributed by atoms with Crippen molar-refractivity contribution in [1.29, 1.82) is 0 Å². The Labute approximate surface area is 177 Å². The van der Waals surface area contributed by atoms with Gasteiger partial charge in [-0.15, -0.1) is 0 Å². The molecule has 7 heteroatoms. The predicted octanol–water partition coefficient (Wildman–Crippen LogP) is 3.80. The van der Waals surface area contributed by atoms with Crippen molar-refractivity contribution < 1.29 is 22.3 Å². The second kappa shape index (κ2) is 8.19. The molecule has 2 heterocycles. The van der Waals surface area contributed by atoms with Crippen LogP contribution in [0.5, 0.6) is 11.5 Å². The molecule has 1 fully saturated rings. The minimum Gasteiger partial charge on any atom is -0.493 e. The lowest BCUT2D eigenvalue weighted by atomic mass is 9.87. The van der Waals surface area contributed by atoms with E-state index >= 15 is 4.39 Å². The van der Waals surface area contributed by atoms with Gasteiger partial charge in [0.1, 0.15) is 5.67 Å². The van der Waals surface area contributed by atoms with Crippen LogP contribution in [-0.4, -0.2) is 51.5 Å². The normalized spacial score (nSPS) is 22.4. The molecule has 1 saturated heterocycles. The van der Waals surface area contributed by atoms with Crippen LogP contribution in [0.2, 0.25) is 0 Å². The van der Waals surface area contributed by atoms with Gasteiger partial charge in [-0.1, -0.05) is 30.3 Å². The van der Waals surface area contributed by atoms with Gasteiger partial charge < -0.3 is 9.47 Å². The van der Waals surface area contributed by atoms with Crippen LogP contribution in [0.1, 0.15) is 30.4 Å². The monoisotopic (exact) mass is 433 g/mol. The first kappa shape index (κ1) is 21.1. The molecular formula is C23H28FNO4S. The summed E-state index contributed by atoms with van der Waals surface area (Å²) in [5.41, 5.74) is 0.435. The molecule has 0 aromatic heterocycles. The van der Waals surface area contributed by atoms with E-state index in [1.54, 1.807) is 6.07 Å². The average molecular weight is 434 g/mol. The summed E-state index contributed by atoms with van der Waals surface area (Å²) in [5, 5.41) is -0.741. The van der Waals surface area contributed by atoms with E-state index in [2.05, 4.69) is 17.0 Å². The van der Waals surface area contributed by atoms with Crippen molar-refractivity contribution >= 4 is 9.84 Å². The van der Waals surface area contributed by atoms with E-state index in [1.165, 1.54) is 25.8 Å². The van der Waals surface area contributed by atoms with Crippen LogP contribution in [-0.2, 0) is 22.8 Å². The molecule has 5 nitrogen and oxygen atoms in total. The first-order valence-corrected chi connectivity index (χ1v) is 11.8. The third-order valence-electron chi connectivity index (χ3n) is 6.35. The molecule has 0 bridgehead atoms. The number of rotatable bonds is 6. The highest BCUT2D eigenvalue weighted by molar-refractivity contribution is 7.92. The third-order valence-corrected chi connectivity index (χ3v) is 8.56. The number of halogens is 1. The number of hydrogen-bond acceptors (Lipinski definition) is 5. The van der Waals surface area contributed by atoms with Gasteiger partial charge in [0, 0.05) is 25.7 Å². The van der Waals surface area contributed by atoms with Crippen molar-refractivity contribution in [1.82, 2.24) is 4.90 Å². The van der Waals surface area contributed by atoms with Gasteiger partial charge in [-0.05, 0) is 42.9 Å². The molecule has 30 heavy (non-hydrogen) atoms. The lowest BCUT2D eigenvalue weighted by Gasteiger charge is -2.37. The van der Waals surface area contributed by atoms with Crippen molar-refractivity contribution in [3.8, 4) is 11.5 Å². The van der Waals surface area contributed by atoms with Crippen LogP contribution < -0.4 is 9.47 Å². The number of sulfone groups is 1. The summed E-state index contributed by atoms with van der Waals surface area (Å²) in [6.07, 6.45) is 1.06. The van der Waals surface area contributed by atoms with Gasteiger partial charge in [0.25, 0.3) is 0 Å². The molecule has 0 amide bonds. The molecule has 162 valence electrons. The molecule has 4 rings (SSSR count). The fourth-order valence-corrected chi connectivity index (χ4v) is 6.66. The molecular weight excluding hydrogens is 405 g/mol. The maximum atomic E-state index is 15.7. The number of alkyl halides is 1. The molecule has 0 saturated carbocycles. The fraction of sp³-hybridized carbons (Fsp3) is 0.478. The summed E-state index contributed by atoms with van der Waals surface area (Å²) in [6.45, 7) is 2.06. The van der Waals surface area contributed by atoms with Crippen LogP contribution in [0.3, 0.4) is 0 Å². The summed E-state index contributed by atoms with van der Waals surface area (Å²) in [4.78, 5) is 2.48. The molecule has 1 atom stereocenters. The number of ether oxygens (including phenoxy) is 2. The van der Waals surface area contributed by atoms with Crippen LogP contribution >= 0.6 is 0 Å². The molecule has 2 aliphatic heterocycles. The van der Waals surface area contributed by atoms with Gasteiger partial charge in [-0.3, -0.25) is 4.90 Å². The van der Waals surface area contributed by atoms with Crippen molar-refractivity contribution in [2.75, 3.05) is 27.3 Å². The number of fused-ring (bicyclic) bond motifs is 1. The Balaban J connectivity index is 1.44. The van der Waals surface area contributed by atoms with E-state index in [9.17, 15) is 8.42 Å². The lowest BCUT2D eigenvalue weighted by Crippen LogP contribution is -2.43. The first-order valence-electron chi connectivity index (χ1n) is 10.3. The molecule has 2 aromatic carbocycles. The van der Waals surface area contributed by atoms with Crippen molar-refractivity contribution in [3.63, 3.8) is 0 Å². The lowest BCUT2D eigenvalue weighted by molar-refractivity contribution is 0.0471. The van der Waals surface area contributed by atoms with Crippen molar-refractivity contribution in [2.24, 2.45) is 0 Å². The van der Waals surface area contributed by atoms with Crippen LogP contribution in [0.15, 0.2) is 47.4 Å².